The van der Waals surface area contributed by atoms with Crippen molar-refractivity contribution in [3.63, 3.8) is 0 Å². The number of likely N-dealkylation sites (N-methyl/N-ethyl adjacent to an activating group) is 1. The van der Waals surface area contributed by atoms with Gasteiger partial charge in [-0.3, -0.25) is 29.1 Å². The number of benzene rings is 1. The number of nitrogens with one attached hydrogen (secondary N) is 1. The summed E-state index contributed by atoms with van der Waals surface area (Å²) in [6, 6.07) is 4.95. The number of carbonyl (C=O) groups is 3. The molecule has 2 aromatic rings. The van der Waals surface area contributed by atoms with Crippen LogP contribution in [0.5, 0.6) is 0 Å². The van der Waals surface area contributed by atoms with Crippen molar-refractivity contribution in [3.8, 4) is 0 Å². The number of nitro groups is 1. The van der Waals surface area contributed by atoms with E-state index in [-0.39, 0.29) is 5.56 Å². The van der Waals surface area contributed by atoms with Crippen LogP contribution < -0.4 is 10.9 Å². The lowest BCUT2D eigenvalue weighted by Gasteiger charge is -2.19. The predicted octanol–water partition coefficient (Wildman–Crippen LogP) is 1.66. The molecule has 0 atom stereocenters. The fraction of sp³-hybridized carbons (Fsp3) is 0.263. The quantitative estimate of drug-likeness (QED) is 0.369. The monoisotopic (exact) mass is 470 g/mol. The second-order valence-electron chi connectivity index (χ2n) is 6.64. The molecule has 0 bridgehead atoms. The van der Waals surface area contributed by atoms with Crippen LogP contribution in [0.3, 0.4) is 0 Å². The summed E-state index contributed by atoms with van der Waals surface area (Å²) >= 11 is 0. The molecule has 1 aromatic heterocycles. The fourth-order valence-electron chi connectivity index (χ4n) is 2.70. The van der Waals surface area contributed by atoms with Crippen LogP contribution in [0.25, 0.3) is 0 Å². The third kappa shape index (κ3) is 6.15. The Morgan fingerprint density at radius 2 is 1.88 bits per heavy atom. The summed E-state index contributed by atoms with van der Waals surface area (Å²) in [5, 5.41) is 13.1. The molecule has 0 spiro atoms. The molecule has 0 saturated heterocycles. The smallest absolute Gasteiger partial charge is 0.418 e. The maximum absolute atomic E-state index is 13.0. The van der Waals surface area contributed by atoms with Crippen molar-refractivity contribution >= 4 is 29.2 Å². The number of ether oxygens (including phenoxy) is 1. The summed E-state index contributed by atoms with van der Waals surface area (Å²) in [6.45, 7) is -1.47. The van der Waals surface area contributed by atoms with Gasteiger partial charge in [-0.1, -0.05) is 12.1 Å². The second kappa shape index (κ2) is 9.93. The second-order valence-corrected chi connectivity index (χ2v) is 6.64. The van der Waals surface area contributed by atoms with Crippen LogP contribution >= 0.6 is 0 Å². The number of esters is 1. The van der Waals surface area contributed by atoms with E-state index < -0.39 is 64.5 Å². The van der Waals surface area contributed by atoms with Gasteiger partial charge in [0.25, 0.3) is 0 Å². The van der Waals surface area contributed by atoms with Crippen molar-refractivity contribution in [2.75, 3.05) is 26.0 Å². The topological polar surface area (TPSA) is 141 Å². The van der Waals surface area contributed by atoms with Gasteiger partial charge in [0.15, 0.2) is 0 Å². The summed E-state index contributed by atoms with van der Waals surface area (Å²) in [5.74, 6) is -2.83. The number of halogens is 3. The molecule has 14 heteroatoms. The maximum atomic E-state index is 13.0. The Bertz CT molecular complexity index is 1160. The van der Waals surface area contributed by atoms with Crippen molar-refractivity contribution in [1.29, 1.82) is 0 Å². The highest BCUT2D eigenvalue weighted by atomic mass is 19.4. The predicted molar refractivity (Wildman–Crippen MR) is 106 cm³/mol. The summed E-state index contributed by atoms with van der Waals surface area (Å²) in [4.78, 5) is 59.4. The highest BCUT2D eigenvalue weighted by molar-refractivity contribution is 5.95. The van der Waals surface area contributed by atoms with Gasteiger partial charge >= 0.3 is 23.4 Å². The maximum Gasteiger partial charge on any atom is 0.418 e. The van der Waals surface area contributed by atoms with Gasteiger partial charge < -0.3 is 15.0 Å². The number of para-hydroxylation sites is 1. The van der Waals surface area contributed by atoms with Crippen molar-refractivity contribution in [3.05, 3.63) is 68.1 Å². The van der Waals surface area contributed by atoms with E-state index in [1.165, 1.54) is 6.07 Å². The van der Waals surface area contributed by atoms with E-state index in [1.807, 2.05) is 0 Å². The third-order valence-electron chi connectivity index (χ3n) is 4.30. The van der Waals surface area contributed by atoms with Gasteiger partial charge in [0.2, 0.25) is 11.8 Å². The number of anilines is 1. The van der Waals surface area contributed by atoms with Crippen molar-refractivity contribution in [2.45, 2.75) is 12.7 Å². The Hall–Kier alpha value is -4.23. The number of hydrogen-bond donors (Lipinski definition) is 1. The normalized spacial score (nSPS) is 10.9. The largest absolute Gasteiger partial charge is 0.465 e. The molecule has 2 rings (SSSR count). The lowest BCUT2D eigenvalue weighted by molar-refractivity contribution is -0.386. The molecule has 0 radical (unpaired) electrons. The van der Waals surface area contributed by atoms with Gasteiger partial charge in [-0.15, -0.1) is 0 Å². The molecule has 11 nitrogen and oxygen atoms in total. The first-order valence-electron chi connectivity index (χ1n) is 9.02. The van der Waals surface area contributed by atoms with Crippen molar-refractivity contribution < 1.29 is 37.2 Å². The molecule has 1 N–H and O–H groups in total. The fourth-order valence-corrected chi connectivity index (χ4v) is 2.70. The van der Waals surface area contributed by atoms with Gasteiger partial charge in [-0.05, 0) is 12.1 Å². The molecule has 176 valence electrons. The molecule has 0 aliphatic heterocycles. The Kier molecular flexibility index (Phi) is 7.53. The zero-order valence-corrected chi connectivity index (χ0v) is 17.2. The molecule has 0 aliphatic rings. The number of alkyl halides is 3. The molecule has 0 saturated carbocycles. The van der Waals surface area contributed by atoms with E-state index in [0.29, 0.717) is 10.6 Å². The molecule has 1 heterocycles. The van der Waals surface area contributed by atoms with E-state index in [2.05, 4.69) is 10.1 Å². The molecule has 2 amide bonds. The van der Waals surface area contributed by atoms with Crippen molar-refractivity contribution in [1.82, 2.24) is 9.47 Å². The summed E-state index contributed by atoms with van der Waals surface area (Å²) < 4.78 is 44.2. The molecular formula is C19H17F3N4O7. The summed E-state index contributed by atoms with van der Waals surface area (Å²) in [5.41, 5.74) is -4.10. The van der Waals surface area contributed by atoms with Gasteiger partial charge in [0.1, 0.15) is 6.54 Å². The van der Waals surface area contributed by atoms with Gasteiger partial charge in [0, 0.05) is 19.3 Å². The lowest BCUT2D eigenvalue weighted by atomic mass is 10.1. The molecule has 0 unspecified atom stereocenters. The van der Waals surface area contributed by atoms with Gasteiger partial charge in [-0.2, -0.15) is 13.2 Å². The Labute approximate surface area is 183 Å². The van der Waals surface area contributed by atoms with E-state index in [1.54, 1.807) is 0 Å². The minimum atomic E-state index is -4.72. The number of nitrogens with zero attached hydrogens (tertiary/aromatic N) is 3. The summed E-state index contributed by atoms with van der Waals surface area (Å²) in [7, 11) is 2.15. The molecule has 0 aliphatic carbocycles. The zero-order chi connectivity index (χ0) is 24.9. The third-order valence-corrected chi connectivity index (χ3v) is 4.30. The van der Waals surface area contributed by atoms with Gasteiger partial charge in [0.05, 0.1) is 35.4 Å². The zero-order valence-electron chi connectivity index (χ0n) is 17.2. The highest BCUT2D eigenvalue weighted by Crippen LogP contribution is 2.34. The van der Waals surface area contributed by atoms with E-state index in [0.717, 1.165) is 43.5 Å². The molecule has 1 aromatic carbocycles. The van der Waals surface area contributed by atoms with Crippen LogP contribution in [-0.2, 0) is 27.0 Å². The van der Waals surface area contributed by atoms with E-state index >= 15 is 0 Å². The first kappa shape index (κ1) is 25.0. The van der Waals surface area contributed by atoms with Crippen LogP contribution in [0.1, 0.15) is 15.9 Å². The first-order valence-corrected chi connectivity index (χ1v) is 9.02. The number of hydrogen-bond acceptors (Lipinski definition) is 7. The van der Waals surface area contributed by atoms with E-state index in [4.69, 9.17) is 0 Å². The Morgan fingerprint density at radius 3 is 2.45 bits per heavy atom. The van der Waals surface area contributed by atoms with Crippen LogP contribution in [-0.4, -0.2) is 52.9 Å². The lowest BCUT2D eigenvalue weighted by Crippen LogP contribution is -2.39. The molecular weight excluding hydrogens is 453 g/mol. The van der Waals surface area contributed by atoms with E-state index in [9.17, 15) is 42.5 Å². The molecule has 33 heavy (non-hydrogen) atoms. The van der Waals surface area contributed by atoms with Crippen LogP contribution in [0.4, 0.5) is 24.5 Å². The number of carbonyl (C=O) groups excluding carboxylic acids is 3. The average Bonchev–Trinajstić information content (AvgIpc) is 2.73. The number of amides is 2. The summed E-state index contributed by atoms with van der Waals surface area (Å²) in [6.07, 6.45) is -3.83. The van der Waals surface area contributed by atoms with Crippen LogP contribution in [0.2, 0.25) is 0 Å². The Balaban J connectivity index is 2.18. The number of pyridine rings is 1. The van der Waals surface area contributed by atoms with Crippen LogP contribution in [0.15, 0.2) is 41.3 Å². The van der Waals surface area contributed by atoms with Gasteiger partial charge in [-0.25, -0.2) is 4.79 Å². The number of methoxy groups -OCH3 is 1. The SMILES string of the molecule is COC(=O)c1cc([N+](=O)[O-])c(=O)n(CC(=O)N(C)CC(=O)Nc2ccccc2C(F)(F)F)c1. The minimum absolute atomic E-state index is 0.360. The van der Waals surface area contributed by atoms with Crippen LogP contribution in [0, 0.1) is 10.1 Å². The first-order chi connectivity index (χ1) is 15.3. The average molecular weight is 470 g/mol. The number of aromatic nitrogens is 1. The molecule has 0 fully saturated rings. The minimum Gasteiger partial charge on any atom is -0.465 e. The Morgan fingerprint density at radius 1 is 1.24 bits per heavy atom. The number of rotatable bonds is 7. The standard InChI is InChI=1S/C19H17F3N4O7/c1-24(9-15(27)23-13-6-4-3-5-12(13)19(20,21)22)16(28)10-25-8-11(18(30)33-2)7-14(17(25)29)26(31)32/h3-8H,9-10H2,1-2H3,(H,23,27). The van der Waals surface area contributed by atoms with Crippen molar-refractivity contribution in [2.24, 2.45) is 0 Å². The highest BCUT2D eigenvalue weighted by Gasteiger charge is 2.33.